The lowest BCUT2D eigenvalue weighted by Crippen LogP contribution is -1.77. The van der Waals surface area contributed by atoms with Gasteiger partial charge in [0.15, 0.2) is 0 Å². The molecule has 0 N–H and O–H groups in total. The van der Waals surface area contributed by atoms with E-state index in [0.717, 1.165) is 4.88 Å². The smallest absolute Gasteiger partial charge is 0.110 e. The molecule has 0 bridgehead atoms. The predicted molar refractivity (Wildman–Crippen MR) is 43.1 cm³/mol. The van der Waals surface area contributed by atoms with Crippen LogP contribution in [-0.4, -0.2) is 0 Å². The molecule has 0 aliphatic carbocycles. The number of thiophene rings is 1. The van der Waals surface area contributed by atoms with Gasteiger partial charge in [0.1, 0.15) is 10.9 Å². The van der Waals surface area contributed by atoms with E-state index in [1.54, 1.807) is 11.3 Å². The molecule has 10 heavy (non-hydrogen) atoms. The monoisotopic (exact) mass is 151 g/mol. The highest BCUT2D eigenvalue weighted by molar-refractivity contribution is 7.12. The number of nitrogens with zero attached hydrogens (tertiary/aromatic N) is 1. The Kier molecular flexibility index (Phi) is 2.08. The molecule has 0 radical (unpaired) electrons. The first-order valence-electron chi connectivity index (χ1n) is 3.24. The van der Waals surface area contributed by atoms with E-state index < -0.39 is 0 Å². The van der Waals surface area contributed by atoms with E-state index in [-0.39, 0.29) is 0 Å². The molecule has 1 aromatic rings. The van der Waals surface area contributed by atoms with Gasteiger partial charge < -0.3 is 0 Å². The first-order valence-corrected chi connectivity index (χ1v) is 4.05. The van der Waals surface area contributed by atoms with Crippen molar-refractivity contribution in [3.63, 3.8) is 0 Å². The van der Waals surface area contributed by atoms with Crippen LogP contribution >= 0.6 is 11.3 Å². The van der Waals surface area contributed by atoms with Crippen molar-refractivity contribution >= 4 is 11.3 Å². The van der Waals surface area contributed by atoms with Crippen molar-refractivity contribution in [2.75, 3.05) is 0 Å². The predicted octanol–water partition coefficient (Wildman–Crippen LogP) is 2.74. The summed E-state index contributed by atoms with van der Waals surface area (Å²) in [5, 5.41) is 8.49. The Labute approximate surface area is 64.9 Å². The molecular weight excluding hydrogens is 142 g/mol. The van der Waals surface area contributed by atoms with E-state index in [1.165, 1.54) is 4.88 Å². The molecule has 0 saturated heterocycles. The molecule has 0 fully saturated rings. The van der Waals surface area contributed by atoms with Crippen molar-refractivity contribution in [3.8, 4) is 6.07 Å². The first-order chi connectivity index (χ1) is 4.74. The van der Waals surface area contributed by atoms with Crippen LogP contribution in [0.3, 0.4) is 0 Å². The maximum atomic E-state index is 8.49. The maximum Gasteiger partial charge on any atom is 0.110 e. The van der Waals surface area contributed by atoms with Crippen molar-refractivity contribution in [2.24, 2.45) is 0 Å². The molecule has 1 heterocycles. The normalized spacial score (nSPS) is 9.80. The lowest BCUT2D eigenvalue weighted by molar-refractivity contribution is 0.890. The molecule has 52 valence electrons. The molecule has 1 rings (SSSR count). The second-order valence-corrected chi connectivity index (χ2v) is 3.58. The number of nitriles is 1. The van der Waals surface area contributed by atoms with Gasteiger partial charge in [0, 0.05) is 4.88 Å². The zero-order chi connectivity index (χ0) is 7.56. The van der Waals surface area contributed by atoms with Crippen LogP contribution in [0.5, 0.6) is 0 Å². The van der Waals surface area contributed by atoms with Gasteiger partial charge in [0.2, 0.25) is 0 Å². The Hall–Kier alpha value is -0.810. The third-order valence-electron chi connectivity index (χ3n) is 1.31. The highest BCUT2D eigenvalue weighted by atomic mass is 32.1. The largest absolute Gasteiger partial charge is 0.192 e. The van der Waals surface area contributed by atoms with Crippen molar-refractivity contribution < 1.29 is 0 Å². The quantitative estimate of drug-likeness (QED) is 0.605. The standard InChI is InChI=1S/C8H9NS/c1-6(2)8-4-3-7(5-9)10-8/h3-4,6H,1-2H3. The second-order valence-electron chi connectivity index (χ2n) is 2.47. The highest BCUT2D eigenvalue weighted by Crippen LogP contribution is 2.23. The van der Waals surface area contributed by atoms with E-state index in [1.807, 2.05) is 12.1 Å². The van der Waals surface area contributed by atoms with Gasteiger partial charge in [-0.2, -0.15) is 5.26 Å². The van der Waals surface area contributed by atoms with Crippen LogP contribution in [0.4, 0.5) is 0 Å². The minimum absolute atomic E-state index is 0.548. The zero-order valence-electron chi connectivity index (χ0n) is 6.09. The molecule has 0 amide bonds. The fourth-order valence-electron chi connectivity index (χ4n) is 0.723. The molecule has 0 aliphatic heterocycles. The fraction of sp³-hybridized carbons (Fsp3) is 0.375. The average molecular weight is 151 g/mol. The van der Waals surface area contributed by atoms with Crippen molar-refractivity contribution in [2.45, 2.75) is 19.8 Å². The molecule has 1 nitrogen and oxygen atoms in total. The molecular formula is C8H9NS. The minimum Gasteiger partial charge on any atom is -0.192 e. The summed E-state index contributed by atoms with van der Waals surface area (Å²) in [4.78, 5) is 2.10. The van der Waals surface area contributed by atoms with Crippen LogP contribution in [0.1, 0.15) is 29.5 Å². The van der Waals surface area contributed by atoms with Crippen LogP contribution in [0.25, 0.3) is 0 Å². The Bertz CT molecular complexity index is 254. The van der Waals surface area contributed by atoms with Gasteiger partial charge in [-0.1, -0.05) is 13.8 Å². The van der Waals surface area contributed by atoms with Crippen molar-refractivity contribution in [1.82, 2.24) is 0 Å². The molecule has 1 aromatic heterocycles. The Morgan fingerprint density at radius 2 is 2.20 bits per heavy atom. The fourth-order valence-corrected chi connectivity index (χ4v) is 1.53. The molecule has 0 atom stereocenters. The SMILES string of the molecule is CC(C)c1ccc(C#N)s1. The second kappa shape index (κ2) is 2.85. The lowest BCUT2D eigenvalue weighted by Gasteiger charge is -1.95. The highest BCUT2D eigenvalue weighted by Gasteiger charge is 2.01. The van der Waals surface area contributed by atoms with Gasteiger partial charge in [0.05, 0.1) is 0 Å². The Balaban J connectivity index is 2.91. The Morgan fingerprint density at radius 3 is 2.50 bits per heavy atom. The van der Waals surface area contributed by atoms with Gasteiger partial charge in [-0.3, -0.25) is 0 Å². The summed E-state index contributed by atoms with van der Waals surface area (Å²) in [7, 11) is 0. The summed E-state index contributed by atoms with van der Waals surface area (Å²) in [6, 6.07) is 6.02. The van der Waals surface area contributed by atoms with Gasteiger partial charge in [0.25, 0.3) is 0 Å². The van der Waals surface area contributed by atoms with Crippen LogP contribution in [0.2, 0.25) is 0 Å². The third-order valence-corrected chi connectivity index (χ3v) is 2.60. The van der Waals surface area contributed by atoms with Crippen molar-refractivity contribution in [3.05, 3.63) is 21.9 Å². The van der Waals surface area contributed by atoms with E-state index in [4.69, 9.17) is 5.26 Å². The summed E-state index contributed by atoms with van der Waals surface area (Å²) in [5.74, 6) is 0.548. The van der Waals surface area contributed by atoms with E-state index in [9.17, 15) is 0 Å². The average Bonchev–Trinajstić information content (AvgIpc) is 2.34. The third kappa shape index (κ3) is 1.37. The van der Waals surface area contributed by atoms with E-state index in [0.29, 0.717) is 5.92 Å². The van der Waals surface area contributed by atoms with Gasteiger partial charge in [-0.05, 0) is 18.1 Å². The first kappa shape index (κ1) is 7.30. The van der Waals surface area contributed by atoms with Gasteiger partial charge in [-0.25, -0.2) is 0 Å². The lowest BCUT2D eigenvalue weighted by atomic mass is 10.2. The van der Waals surface area contributed by atoms with Crippen molar-refractivity contribution in [1.29, 1.82) is 5.26 Å². The van der Waals surface area contributed by atoms with Gasteiger partial charge in [-0.15, -0.1) is 11.3 Å². The van der Waals surface area contributed by atoms with Crippen LogP contribution in [-0.2, 0) is 0 Å². The molecule has 2 heteroatoms. The van der Waals surface area contributed by atoms with E-state index >= 15 is 0 Å². The number of hydrogen-bond acceptors (Lipinski definition) is 2. The molecule has 0 unspecified atom stereocenters. The topological polar surface area (TPSA) is 23.8 Å². The number of hydrogen-bond donors (Lipinski definition) is 0. The zero-order valence-corrected chi connectivity index (χ0v) is 6.90. The van der Waals surface area contributed by atoms with Crippen LogP contribution in [0.15, 0.2) is 12.1 Å². The maximum absolute atomic E-state index is 8.49. The van der Waals surface area contributed by atoms with Gasteiger partial charge >= 0.3 is 0 Å². The summed E-state index contributed by atoms with van der Waals surface area (Å²) >= 11 is 1.58. The van der Waals surface area contributed by atoms with Crippen LogP contribution in [0, 0.1) is 11.3 Å². The summed E-state index contributed by atoms with van der Waals surface area (Å²) in [5.41, 5.74) is 0. The molecule has 0 aliphatic rings. The summed E-state index contributed by atoms with van der Waals surface area (Å²) in [6.07, 6.45) is 0. The van der Waals surface area contributed by atoms with Crippen LogP contribution < -0.4 is 0 Å². The molecule has 0 aromatic carbocycles. The Morgan fingerprint density at radius 1 is 1.50 bits per heavy atom. The molecule has 0 saturated carbocycles. The van der Waals surface area contributed by atoms with E-state index in [2.05, 4.69) is 19.9 Å². The number of rotatable bonds is 1. The summed E-state index contributed by atoms with van der Waals surface area (Å²) in [6.45, 7) is 4.26. The molecule has 0 spiro atoms. The minimum atomic E-state index is 0.548. The summed E-state index contributed by atoms with van der Waals surface area (Å²) < 4.78 is 0.